The summed E-state index contributed by atoms with van der Waals surface area (Å²) in [7, 11) is 0. The van der Waals surface area contributed by atoms with Crippen LogP contribution in [0.15, 0.2) is 4.36 Å². The van der Waals surface area contributed by atoms with Crippen LogP contribution in [-0.4, -0.2) is 35.7 Å². The summed E-state index contributed by atoms with van der Waals surface area (Å²) in [6, 6.07) is -0.452. The number of hydrogen-bond acceptors (Lipinski definition) is 3. The lowest BCUT2D eigenvalue weighted by atomic mass is 10.5. The van der Waals surface area contributed by atoms with Crippen LogP contribution < -0.4 is 0 Å². The van der Waals surface area contributed by atoms with E-state index in [0.29, 0.717) is 13.1 Å². The highest BCUT2D eigenvalue weighted by molar-refractivity contribution is 7.47. The molecule has 10 heavy (non-hydrogen) atoms. The normalized spacial score (nSPS) is 9.00. The van der Waals surface area contributed by atoms with E-state index in [-0.39, 0.29) is 6.61 Å². The fourth-order valence-electron chi connectivity index (χ4n) is 0.567. The van der Waals surface area contributed by atoms with Gasteiger partial charge in [0.15, 0.2) is 0 Å². The van der Waals surface area contributed by atoms with Crippen molar-refractivity contribution in [3.8, 4) is 0 Å². The van der Waals surface area contributed by atoms with E-state index in [9.17, 15) is 4.79 Å². The molecule has 0 saturated heterocycles. The fraction of sp³-hybridized carbons (Fsp3) is 0.800. The second kappa shape index (κ2) is 5.25. The predicted octanol–water partition coefficient (Wildman–Crippen LogP) is 0.151. The van der Waals surface area contributed by atoms with Gasteiger partial charge in [-0.3, -0.25) is 0 Å². The number of urea groups is 1. The molecule has 0 aromatic heterocycles. The minimum absolute atomic E-state index is 0.0512. The van der Waals surface area contributed by atoms with Crippen molar-refractivity contribution < 1.29 is 9.90 Å². The largest absolute Gasteiger partial charge is 0.395 e. The molecular weight excluding hydrogens is 152 g/mol. The summed E-state index contributed by atoms with van der Waals surface area (Å²) in [4.78, 5) is 12.0. The molecule has 0 unspecified atom stereocenters. The fourth-order valence-corrected chi connectivity index (χ4v) is 0.683. The average Bonchev–Trinajstić information content (AvgIpc) is 1.99. The van der Waals surface area contributed by atoms with Crippen LogP contribution in [0.4, 0.5) is 4.79 Å². The molecule has 5 heteroatoms. The first-order valence-corrected chi connectivity index (χ1v) is 3.35. The summed E-state index contributed by atoms with van der Waals surface area (Å²) in [5.41, 5.74) is 0. The van der Waals surface area contributed by atoms with E-state index in [1.165, 1.54) is 4.90 Å². The molecule has 0 spiro atoms. The molecule has 0 radical (unpaired) electrons. The first-order chi connectivity index (χ1) is 4.76. The monoisotopic (exact) mass is 162 g/mol. The van der Waals surface area contributed by atoms with Gasteiger partial charge in [-0.2, -0.15) is 0 Å². The molecule has 2 amide bonds. The van der Waals surface area contributed by atoms with Crippen LogP contribution in [0, 0.1) is 0 Å². The Morgan fingerprint density at radius 3 is 2.70 bits per heavy atom. The lowest BCUT2D eigenvalue weighted by molar-refractivity contribution is 0.189. The van der Waals surface area contributed by atoms with Gasteiger partial charge in [-0.1, -0.05) is 0 Å². The van der Waals surface area contributed by atoms with Crippen LogP contribution >= 0.6 is 0 Å². The van der Waals surface area contributed by atoms with Gasteiger partial charge in [0, 0.05) is 25.5 Å². The van der Waals surface area contributed by atoms with Gasteiger partial charge in [-0.05, 0) is 6.92 Å². The highest BCUT2D eigenvalue weighted by Crippen LogP contribution is 1.90. The van der Waals surface area contributed by atoms with E-state index < -0.39 is 6.03 Å². The maximum atomic E-state index is 10.7. The minimum Gasteiger partial charge on any atom is -0.395 e. The number of nitrogens with zero attached hydrogens (tertiary/aromatic N) is 2. The summed E-state index contributed by atoms with van der Waals surface area (Å²) >= 11 is 4.18. The first kappa shape index (κ1) is 9.45. The second-order valence-corrected chi connectivity index (χ2v) is 1.86. The Hall–Kier alpha value is -0.550. The van der Waals surface area contributed by atoms with E-state index in [2.05, 4.69) is 16.8 Å². The van der Waals surface area contributed by atoms with Crippen molar-refractivity contribution >= 4 is 18.5 Å². The number of aliphatic hydroxyl groups is 1. The molecule has 0 aliphatic carbocycles. The number of hydrogen-bond donors (Lipinski definition) is 1. The third kappa shape index (κ3) is 2.84. The highest BCUT2D eigenvalue weighted by Gasteiger charge is 2.07. The number of carbonyl (C=O) groups is 1. The number of likely N-dealkylation sites (N-methyl/N-ethyl adjacent to an activating group) is 1. The molecule has 0 heterocycles. The van der Waals surface area contributed by atoms with Crippen LogP contribution in [-0.2, 0) is 12.4 Å². The van der Waals surface area contributed by atoms with Crippen LogP contribution in [0.25, 0.3) is 0 Å². The third-order valence-corrected chi connectivity index (χ3v) is 1.26. The van der Waals surface area contributed by atoms with E-state index in [1.807, 2.05) is 0 Å². The molecule has 4 nitrogen and oxygen atoms in total. The Morgan fingerprint density at radius 2 is 2.40 bits per heavy atom. The molecule has 58 valence electrons. The molecule has 0 bridgehead atoms. The number of aliphatic hydroxyl groups excluding tert-OH is 1. The van der Waals surface area contributed by atoms with Gasteiger partial charge in [0.05, 0.1) is 6.61 Å². The Labute approximate surface area is 65.0 Å². The summed E-state index contributed by atoms with van der Waals surface area (Å²) in [6.45, 7) is 2.58. The van der Waals surface area contributed by atoms with Crippen molar-refractivity contribution in [3.05, 3.63) is 0 Å². The molecule has 0 saturated carbocycles. The lowest BCUT2D eigenvalue weighted by Gasteiger charge is -2.14. The Balaban J connectivity index is 3.79. The van der Waals surface area contributed by atoms with Crippen molar-refractivity contribution in [1.82, 2.24) is 4.90 Å². The number of rotatable bonds is 3. The molecule has 0 rings (SSSR count). The highest BCUT2D eigenvalue weighted by atomic mass is 32.1. The minimum atomic E-state index is -0.452. The Bertz CT molecular complexity index is 129. The van der Waals surface area contributed by atoms with Crippen molar-refractivity contribution in [3.63, 3.8) is 0 Å². The van der Waals surface area contributed by atoms with Crippen LogP contribution in [0.2, 0.25) is 0 Å². The van der Waals surface area contributed by atoms with Gasteiger partial charge in [0.25, 0.3) is 0 Å². The zero-order valence-corrected chi connectivity index (χ0v) is 6.60. The lowest BCUT2D eigenvalue weighted by Crippen LogP contribution is -2.30. The SMILES string of the molecule is CCN(CCO)C(=O)N=S. The standard InChI is InChI=1S/C5H10N2O2S/c1-2-7(3-4-8)5(9)6-10/h8H,2-4H2,1H3. The Morgan fingerprint density at radius 1 is 1.80 bits per heavy atom. The van der Waals surface area contributed by atoms with Gasteiger partial charge in [-0.15, -0.1) is 4.36 Å². The van der Waals surface area contributed by atoms with Crippen molar-refractivity contribution in [2.45, 2.75) is 6.92 Å². The van der Waals surface area contributed by atoms with Crippen LogP contribution in [0.3, 0.4) is 0 Å². The third-order valence-electron chi connectivity index (χ3n) is 1.10. The Kier molecular flexibility index (Phi) is 4.96. The van der Waals surface area contributed by atoms with E-state index in [1.54, 1.807) is 6.92 Å². The van der Waals surface area contributed by atoms with Crippen LogP contribution in [0.5, 0.6) is 0 Å². The average molecular weight is 162 g/mol. The van der Waals surface area contributed by atoms with Crippen LogP contribution in [0.1, 0.15) is 6.92 Å². The van der Waals surface area contributed by atoms with Crippen molar-refractivity contribution in [2.24, 2.45) is 4.36 Å². The van der Waals surface area contributed by atoms with Gasteiger partial charge in [0.1, 0.15) is 0 Å². The summed E-state index contributed by atoms with van der Waals surface area (Å²) in [5.74, 6) is 0. The zero-order valence-electron chi connectivity index (χ0n) is 5.78. The van der Waals surface area contributed by atoms with E-state index >= 15 is 0 Å². The topological polar surface area (TPSA) is 52.9 Å². The van der Waals surface area contributed by atoms with E-state index in [0.717, 1.165) is 0 Å². The number of amides is 2. The molecule has 0 fully saturated rings. The smallest absolute Gasteiger partial charge is 0.355 e. The number of carbonyl (C=O) groups excluding carboxylic acids is 1. The predicted molar refractivity (Wildman–Crippen MR) is 39.5 cm³/mol. The summed E-state index contributed by atoms with van der Waals surface area (Å²) in [6.07, 6.45) is 0. The molecule has 0 atom stereocenters. The van der Waals surface area contributed by atoms with Gasteiger partial charge >= 0.3 is 6.03 Å². The second-order valence-electron chi connectivity index (χ2n) is 1.68. The van der Waals surface area contributed by atoms with E-state index in [4.69, 9.17) is 5.11 Å². The summed E-state index contributed by atoms with van der Waals surface area (Å²) < 4.78 is 3.04. The maximum Gasteiger partial charge on any atom is 0.355 e. The molecule has 0 aromatic rings. The summed E-state index contributed by atoms with van der Waals surface area (Å²) in [5, 5.41) is 8.44. The maximum absolute atomic E-state index is 10.7. The van der Waals surface area contributed by atoms with Gasteiger partial charge in [0.2, 0.25) is 0 Å². The van der Waals surface area contributed by atoms with Gasteiger partial charge in [-0.25, -0.2) is 4.79 Å². The van der Waals surface area contributed by atoms with Crippen molar-refractivity contribution in [2.75, 3.05) is 19.7 Å². The molecular formula is C5H10N2O2S. The molecule has 1 N–H and O–H groups in total. The zero-order chi connectivity index (χ0) is 7.98. The molecule has 0 aliphatic rings. The van der Waals surface area contributed by atoms with Gasteiger partial charge < -0.3 is 10.0 Å². The molecule has 0 aliphatic heterocycles. The first-order valence-electron chi connectivity index (χ1n) is 2.99. The van der Waals surface area contributed by atoms with Crippen molar-refractivity contribution in [1.29, 1.82) is 0 Å². The quantitative estimate of drug-likeness (QED) is 0.642. The molecule has 0 aromatic carbocycles.